The summed E-state index contributed by atoms with van der Waals surface area (Å²) in [5, 5.41) is 9.68. The number of hydrogen-bond acceptors (Lipinski definition) is 3. The zero-order valence-electron chi connectivity index (χ0n) is 10.9. The van der Waals surface area contributed by atoms with Crippen LogP contribution < -0.4 is 0 Å². The second-order valence-corrected chi connectivity index (χ2v) is 5.13. The standard InChI is InChI=1S/C13H20N2O3/c1-13(2,15-5-3-4-6-15)12(17)14-7-8-18-10-11(16)9-14/h3-6,11,16H,7-10H2,1-2H3/t11-/m0/s1. The van der Waals surface area contributed by atoms with Gasteiger partial charge in [-0.05, 0) is 26.0 Å². The van der Waals surface area contributed by atoms with Gasteiger partial charge in [-0.25, -0.2) is 0 Å². The van der Waals surface area contributed by atoms with Crippen molar-refractivity contribution in [1.82, 2.24) is 9.47 Å². The molecule has 0 aliphatic carbocycles. The van der Waals surface area contributed by atoms with Crippen molar-refractivity contribution in [2.45, 2.75) is 25.5 Å². The molecule has 0 saturated carbocycles. The van der Waals surface area contributed by atoms with Crippen LogP contribution in [0.2, 0.25) is 0 Å². The highest BCUT2D eigenvalue weighted by atomic mass is 16.5. The van der Waals surface area contributed by atoms with Crippen LogP contribution >= 0.6 is 0 Å². The number of β-amino-alcohol motifs (C(OH)–C–C–N with tert-alkyl or cyclic N) is 1. The summed E-state index contributed by atoms with van der Waals surface area (Å²) in [6.45, 7) is 5.41. The lowest BCUT2D eigenvalue weighted by Gasteiger charge is -2.32. The highest BCUT2D eigenvalue weighted by Crippen LogP contribution is 2.19. The van der Waals surface area contributed by atoms with E-state index in [1.165, 1.54) is 0 Å². The number of carbonyl (C=O) groups excluding carboxylic acids is 1. The summed E-state index contributed by atoms with van der Waals surface area (Å²) < 4.78 is 7.12. The first-order valence-corrected chi connectivity index (χ1v) is 6.20. The van der Waals surface area contributed by atoms with Gasteiger partial charge < -0.3 is 19.3 Å². The SMILES string of the molecule is CC(C)(C(=O)N1CCOC[C@@H](O)C1)n1cccc1. The number of aliphatic hydroxyl groups is 1. The molecule has 0 spiro atoms. The predicted molar refractivity (Wildman–Crippen MR) is 67.2 cm³/mol. The summed E-state index contributed by atoms with van der Waals surface area (Å²) >= 11 is 0. The third-order valence-corrected chi connectivity index (χ3v) is 3.31. The van der Waals surface area contributed by atoms with E-state index in [4.69, 9.17) is 4.74 Å². The maximum atomic E-state index is 12.6. The second kappa shape index (κ2) is 5.12. The molecule has 1 amide bonds. The van der Waals surface area contributed by atoms with Crippen LogP contribution in [-0.2, 0) is 15.1 Å². The molecule has 1 atom stereocenters. The minimum Gasteiger partial charge on any atom is -0.389 e. The van der Waals surface area contributed by atoms with E-state index in [0.717, 1.165) is 0 Å². The summed E-state index contributed by atoms with van der Waals surface area (Å²) in [6, 6.07) is 3.80. The van der Waals surface area contributed by atoms with E-state index in [1.807, 2.05) is 42.9 Å². The predicted octanol–water partition coefficient (Wildman–Crippen LogP) is 0.443. The van der Waals surface area contributed by atoms with Gasteiger partial charge in [-0.2, -0.15) is 0 Å². The molecule has 1 N–H and O–H groups in total. The van der Waals surface area contributed by atoms with E-state index >= 15 is 0 Å². The molecule has 100 valence electrons. The first-order chi connectivity index (χ1) is 8.51. The normalized spacial score (nSPS) is 21.7. The Bertz CT molecular complexity index is 400. The lowest BCUT2D eigenvalue weighted by Crippen LogP contribution is -2.49. The van der Waals surface area contributed by atoms with Crippen LogP contribution in [-0.4, -0.2) is 52.9 Å². The molecule has 1 aliphatic heterocycles. The van der Waals surface area contributed by atoms with Crippen LogP contribution in [0.1, 0.15) is 13.8 Å². The Labute approximate surface area is 107 Å². The number of hydrogen-bond donors (Lipinski definition) is 1. The largest absolute Gasteiger partial charge is 0.389 e. The van der Waals surface area contributed by atoms with Crippen molar-refractivity contribution in [1.29, 1.82) is 0 Å². The summed E-state index contributed by atoms with van der Waals surface area (Å²) in [6.07, 6.45) is 3.16. The third kappa shape index (κ3) is 2.57. The topological polar surface area (TPSA) is 54.7 Å². The average Bonchev–Trinajstić information content (AvgIpc) is 2.79. The van der Waals surface area contributed by atoms with Gasteiger partial charge in [-0.1, -0.05) is 0 Å². The van der Waals surface area contributed by atoms with Gasteiger partial charge in [0.2, 0.25) is 5.91 Å². The molecule has 1 aliphatic rings. The lowest BCUT2D eigenvalue weighted by molar-refractivity contribution is -0.140. The first-order valence-electron chi connectivity index (χ1n) is 6.20. The fourth-order valence-electron chi connectivity index (χ4n) is 2.18. The van der Waals surface area contributed by atoms with Crippen LogP contribution in [0.5, 0.6) is 0 Å². The van der Waals surface area contributed by atoms with E-state index < -0.39 is 11.6 Å². The molecule has 2 rings (SSSR count). The fourth-order valence-corrected chi connectivity index (χ4v) is 2.18. The van der Waals surface area contributed by atoms with Crippen molar-refractivity contribution in [2.75, 3.05) is 26.3 Å². The average molecular weight is 252 g/mol. The summed E-state index contributed by atoms with van der Waals surface area (Å²) in [7, 11) is 0. The Morgan fingerprint density at radius 1 is 1.39 bits per heavy atom. The molecule has 0 unspecified atom stereocenters. The first kappa shape index (κ1) is 13.1. The Hall–Kier alpha value is -1.33. The molecule has 1 aromatic rings. The molecular formula is C13H20N2O3. The highest BCUT2D eigenvalue weighted by Gasteiger charge is 2.34. The Morgan fingerprint density at radius 3 is 2.72 bits per heavy atom. The van der Waals surface area contributed by atoms with Crippen molar-refractivity contribution in [3.8, 4) is 0 Å². The number of nitrogens with zero attached hydrogens (tertiary/aromatic N) is 2. The number of aliphatic hydroxyl groups excluding tert-OH is 1. The van der Waals surface area contributed by atoms with Crippen LogP contribution in [0.25, 0.3) is 0 Å². The monoisotopic (exact) mass is 252 g/mol. The van der Waals surface area contributed by atoms with Gasteiger partial charge in [0, 0.05) is 25.5 Å². The Kier molecular flexibility index (Phi) is 3.73. The van der Waals surface area contributed by atoms with E-state index in [2.05, 4.69) is 0 Å². The second-order valence-electron chi connectivity index (χ2n) is 5.13. The Morgan fingerprint density at radius 2 is 2.06 bits per heavy atom. The number of aromatic nitrogens is 1. The zero-order chi connectivity index (χ0) is 13.2. The fraction of sp³-hybridized carbons (Fsp3) is 0.615. The van der Waals surface area contributed by atoms with Crippen molar-refractivity contribution in [3.63, 3.8) is 0 Å². The maximum Gasteiger partial charge on any atom is 0.248 e. The molecule has 2 heterocycles. The van der Waals surface area contributed by atoms with Crippen LogP contribution in [0.3, 0.4) is 0 Å². The molecule has 1 saturated heterocycles. The van der Waals surface area contributed by atoms with Gasteiger partial charge in [-0.3, -0.25) is 4.79 Å². The van der Waals surface area contributed by atoms with E-state index in [9.17, 15) is 9.90 Å². The summed E-state index contributed by atoms with van der Waals surface area (Å²) in [5.41, 5.74) is -0.645. The van der Waals surface area contributed by atoms with Crippen molar-refractivity contribution >= 4 is 5.91 Å². The van der Waals surface area contributed by atoms with Crippen molar-refractivity contribution in [3.05, 3.63) is 24.5 Å². The molecule has 18 heavy (non-hydrogen) atoms. The Balaban J connectivity index is 2.14. The lowest BCUT2D eigenvalue weighted by atomic mass is 10.0. The molecule has 1 aromatic heterocycles. The maximum absolute atomic E-state index is 12.6. The van der Waals surface area contributed by atoms with Gasteiger partial charge in [0.25, 0.3) is 0 Å². The van der Waals surface area contributed by atoms with Gasteiger partial charge in [-0.15, -0.1) is 0 Å². The summed E-state index contributed by atoms with van der Waals surface area (Å²) in [4.78, 5) is 14.2. The van der Waals surface area contributed by atoms with Crippen molar-refractivity contribution < 1.29 is 14.6 Å². The number of amides is 1. The molecular weight excluding hydrogens is 232 g/mol. The quantitative estimate of drug-likeness (QED) is 0.831. The minimum absolute atomic E-state index is 0.00301. The van der Waals surface area contributed by atoms with Crippen molar-refractivity contribution in [2.24, 2.45) is 0 Å². The zero-order valence-corrected chi connectivity index (χ0v) is 10.9. The minimum atomic E-state index is -0.645. The highest BCUT2D eigenvalue weighted by molar-refractivity contribution is 5.83. The van der Waals surface area contributed by atoms with Gasteiger partial charge >= 0.3 is 0 Å². The van der Waals surface area contributed by atoms with E-state index in [-0.39, 0.29) is 5.91 Å². The molecule has 5 nitrogen and oxygen atoms in total. The molecule has 0 radical (unpaired) electrons. The molecule has 0 aromatic carbocycles. The number of rotatable bonds is 2. The number of carbonyl (C=O) groups is 1. The third-order valence-electron chi connectivity index (χ3n) is 3.31. The molecule has 0 bridgehead atoms. The summed E-state index contributed by atoms with van der Waals surface area (Å²) in [5.74, 6) is 0.00301. The van der Waals surface area contributed by atoms with Gasteiger partial charge in [0.1, 0.15) is 5.54 Å². The van der Waals surface area contributed by atoms with E-state index in [0.29, 0.717) is 26.3 Å². The van der Waals surface area contributed by atoms with Crippen LogP contribution in [0.15, 0.2) is 24.5 Å². The van der Waals surface area contributed by atoms with E-state index in [1.54, 1.807) is 4.90 Å². The van der Waals surface area contributed by atoms with Gasteiger partial charge in [0.15, 0.2) is 0 Å². The number of ether oxygens (including phenoxy) is 1. The van der Waals surface area contributed by atoms with Crippen LogP contribution in [0.4, 0.5) is 0 Å². The molecule has 1 fully saturated rings. The van der Waals surface area contributed by atoms with Gasteiger partial charge in [0.05, 0.1) is 19.3 Å². The smallest absolute Gasteiger partial charge is 0.248 e. The molecule has 5 heteroatoms. The van der Waals surface area contributed by atoms with Crippen LogP contribution in [0, 0.1) is 0 Å².